The van der Waals surface area contributed by atoms with Crippen LogP contribution in [0.25, 0.3) is 0 Å². The van der Waals surface area contributed by atoms with Crippen LogP contribution >= 0.6 is 11.3 Å². The summed E-state index contributed by atoms with van der Waals surface area (Å²) >= 11 is 1.61. The lowest BCUT2D eigenvalue weighted by molar-refractivity contribution is 0.103. The first-order valence-electron chi connectivity index (χ1n) is 9.83. The minimum atomic E-state index is 0.118. The molecule has 2 heterocycles. The number of nitrogen functional groups attached to an aromatic ring is 1. The molecule has 0 saturated carbocycles. The molecule has 3 aromatic rings. The fourth-order valence-corrected chi connectivity index (χ4v) is 5.95. The van der Waals surface area contributed by atoms with Crippen molar-refractivity contribution in [1.82, 2.24) is 4.90 Å². The summed E-state index contributed by atoms with van der Waals surface area (Å²) in [7, 11) is 0. The van der Waals surface area contributed by atoms with E-state index in [1.54, 1.807) is 11.3 Å². The lowest BCUT2D eigenvalue weighted by Crippen LogP contribution is -2.33. The predicted octanol–water partition coefficient (Wildman–Crippen LogP) is 4.83. The normalized spacial score (nSPS) is 18.5. The monoisotopic (exact) mass is 388 g/mol. The number of anilines is 1. The van der Waals surface area contributed by atoms with Gasteiger partial charge in [-0.05, 0) is 54.2 Å². The summed E-state index contributed by atoms with van der Waals surface area (Å²) in [6, 6.07) is 14.9. The molecule has 1 unspecified atom stereocenters. The van der Waals surface area contributed by atoms with E-state index in [0.29, 0.717) is 10.9 Å². The van der Waals surface area contributed by atoms with Crippen LogP contribution in [0.2, 0.25) is 0 Å². The second-order valence-electron chi connectivity index (χ2n) is 8.16. The van der Waals surface area contributed by atoms with E-state index >= 15 is 0 Å². The van der Waals surface area contributed by atoms with Crippen LogP contribution in [0.5, 0.6) is 0 Å². The number of nitrogens with two attached hydrogens (primary N) is 1. The van der Waals surface area contributed by atoms with E-state index in [9.17, 15) is 4.79 Å². The first-order valence-corrected chi connectivity index (χ1v) is 10.6. The maximum absolute atomic E-state index is 13.4. The van der Waals surface area contributed by atoms with Crippen LogP contribution in [0.4, 0.5) is 5.00 Å². The van der Waals surface area contributed by atoms with E-state index in [2.05, 4.69) is 61.2 Å². The molecule has 2 aromatic carbocycles. The topological polar surface area (TPSA) is 46.3 Å². The number of benzene rings is 2. The maximum Gasteiger partial charge on any atom is 0.196 e. The molecule has 0 fully saturated rings. The highest BCUT2D eigenvalue weighted by Gasteiger charge is 2.37. The molecule has 2 aliphatic rings. The molecule has 5 rings (SSSR count). The van der Waals surface area contributed by atoms with Crippen molar-refractivity contribution in [3.63, 3.8) is 0 Å². The van der Waals surface area contributed by atoms with E-state index in [-0.39, 0.29) is 5.78 Å². The molecule has 1 atom stereocenters. The van der Waals surface area contributed by atoms with E-state index in [1.807, 2.05) is 0 Å². The smallest absolute Gasteiger partial charge is 0.196 e. The van der Waals surface area contributed by atoms with Crippen LogP contribution in [0.15, 0.2) is 42.5 Å². The number of fused-ring (bicyclic) bond motifs is 1. The molecule has 0 radical (unpaired) electrons. The molecule has 1 aromatic heterocycles. The third-order valence-corrected chi connectivity index (χ3v) is 7.23. The maximum atomic E-state index is 13.4. The molecule has 4 heteroatoms. The van der Waals surface area contributed by atoms with Crippen LogP contribution in [0, 0.1) is 13.8 Å². The Morgan fingerprint density at radius 3 is 2.68 bits per heavy atom. The summed E-state index contributed by atoms with van der Waals surface area (Å²) in [6.45, 7) is 6.97. The van der Waals surface area contributed by atoms with Crippen molar-refractivity contribution in [2.75, 3.05) is 12.3 Å². The fourth-order valence-electron chi connectivity index (χ4n) is 4.75. The number of thiophene rings is 1. The highest BCUT2D eigenvalue weighted by molar-refractivity contribution is 7.16. The Hall–Kier alpha value is -2.43. The summed E-state index contributed by atoms with van der Waals surface area (Å²) in [5.74, 6) is 0.440. The van der Waals surface area contributed by atoms with E-state index in [1.165, 1.54) is 32.7 Å². The third-order valence-electron chi connectivity index (χ3n) is 6.21. The second kappa shape index (κ2) is 6.57. The van der Waals surface area contributed by atoms with Gasteiger partial charge in [0.05, 0.1) is 10.6 Å². The fraction of sp³-hybridized carbons (Fsp3) is 0.292. The van der Waals surface area contributed by atoms with Crippen molar-refractivity contribution in [2.24, 2.45) is 0 Å². The Morgan fingerprint density at radius 1 is 1.14 bits per heavy atom. The molecule has 2 N–H and O–H groups in total. The van der Waals surface area contributed by atoms with Crippen LogP contribution in [0.3, 0.4) is 0 Å². The summed E-state index contributed by atoms with van der Waals surface area (Å²) in [4.78, 5) is 17.2. The number of rotatable bonds is 2. The van der Waals surface area contributed by atoms with Crippen LogP contribution in [-0.4, -0.2) is 17.2 Å². The highest BCUT2D eigenvalue weighted by atomic mass is 32.1. The van der Waals surface area contributed by atoms with E-state index < -0.39 is 0 Å². The van der Waals surface area contributed by atoms with Gasteiger partial charge in [0.2, 0.25) is 0 Å². The minimum absolute atomic E-state index is 0.118. The van der Waals surface area contributed by atoms with Gasteiger partial charge >= 0.3 is 0 Å². The Labute approximate surface area is 169 Å². The average Bonchev–Trinajstić information content (AvgIpc) is 2.94. The Bertz CT molecular complexity index is 1080. The number of aryl methyl sites for hydroxylation is 2. The molecule has 142 valence electrons. The molecular weight excluding hydrogens is 364 g/mol. The molecule has 1 aliphatic heterocycles. The van der Waals surface area contributed by atoms with Gasteiger partial charge in [0.25, 0.3) is 0 Å². The summed E-state index contributed by atoms with van der Waals surface area (Å²) < 4.78 is 0. The summed E-state index contributed by atoms with van der Waals surface area (Å²) in [6.07, 6.45) is 0.906. The Kier molecular flexibility index (Phi) is 4.14. The summed E-state index contributed by atoms with van der Waals surface area (Å²) in [5.41, 5.74) is 14.2. The predicted molar refractivity (Wildman–Crippen MR) is 115 cm³/mol. The van der Waals surface area contributed by atoms with Gasteiger partial charge in [0.15, 0.2) is 5.78 Å². The lowest BCUT2D eigenvalue weighted by atomic mass is 9.88. The quantitative estimate of drug-likeness (QED) is 0.684. The Morgan fingerprint density at radius 2 is 1.89 bits per heavy atom. The lowest BCUT2D eigenvalue weighted by Gasteiger charge is -2.33. The molecular formula is C24H24N2OS. The highest BCUT2D eigenvalue weighted by Crippen LogP contribution is 2.45. The zero-order valence-corrected chi connectivity index (χ0v) is 17.1. The van der Waals surface area contributed by atoms with Crippen LogP contribution in [-0.2, 0) is 19.5 Å². The number of nitrogens with zero attached hydrogens (tertiary/aromatic N) is 1. The van der Waals surface area contributed by atoms with Crippen molar-refractivity contribution < 1.29 is 4.79 Å². The Balaban J connectivity index is 1.58. The number of carbonyl (C=O) groups excluding carboxylic acids is 1. The molecule has 28 heavy (non-hydrogen) atoms. The minimum Gasteiger partial charge on any atom is -0.390 e. The van der Waals surface area contributed by atoms with Crippen LogP contribution < -0.4 is 5.73 Å². The standard InChI is InChI=1S/C24H24N2OS/c1-14-8-17-10-18-12-26(11-16-6-4-3-5-7-16)13-20-21(18)22(24(25)28-20)23(27)19(17)9-15(14)2/h3-9,18H,10-13,25H2,1-2H3. The van der Waals surface area contributed by atoms with Crippen molar-refractivity contribution in [2.45, 2.75) is 39.3 Å². The van der Waals surface area contributed by atoms with Gasteiger partial charge in [-0.3, -0.25) is 9.69 Å². The molecule has 0 amide bonds. The SMILES string of the molecule is Cc1cc2c(cc1C)C(=O)c1c(N)sc3c1C(C2)CN(Cc1ccccc1)C3. The van der Waals surface area contributed by atoms with E-state index in [4.69, 9.17) is 5.73 Å². The average molecular weight is 389 g/mol. The number of ketones is 1. The molecule has 0 saturated heterocycles. The van der Waals surface area contributed by atoms with Crippen LogP contribution in [0.1, 0.15) is 54.5 Å². The van der Waals surface area contributed by atoms with Crippen molar-refractivity contribution in [1.29, 1.82) is 0 Å². The van der Waals surface area contributed by atoms with Gasteiger partial charge in [-0.1, -0.05) is 36.4 Å². The third kappa shape index (κ3) is 2.79. The number of hydrogen-bond donors (Lipinski definition) is 1. The zero-order valence-electron chi connectivity index (χ0n) is 16.3. The molecule has 0 spiro atoms. The zero-order chi connectivity index (χ0) is 19.4. The molecule has 1 aliphatic carbocycles. The second-order valence-corrected chi connectivity index (χ2v) is 9.29. The first kappa shape index (κ1) is 17.7. The van der Waals surface area contributed by atoms with Gasteiger partial charge in [0.1, 0.15) is 0 Å². The van der Waals surface area contributed by atoms with Gasteiger partial charge in [-0.25, -0.2) is 0 Å². The number of hydrogen-bond acceptors (Lipinski definition) is 4. The van der Waals surface area contributed by atoms with Crippen molar-refractivity contribution >= 4 is 22.1 Å². The first-order chi connectivity index (χ1) is 13.5. The van der Waals surface area contributed by atoms with Gasteiger partial charge in [-0.15, -0.1) is 11.3 Å². The van der Waals surface area contributed by atoms with E-state index in [0.717, 1.165) is 37.2 Å². The van der Waals surface area contributed by atoms with Crippen molar-refractivity contribution in [3.05, 3.63) is 86.3 Å². The molecule has 0 bridgehead atoms. The molecule has 3 nitrogen and oxygen atoms in total. The van der Waals surface area contributed by atoms with Gasteiger partial charge < -0.3 is 5.73 Å². The van der Waals surface area contributed by atoms with Gasteiger partial charge in [-0.2, -0.15) is 0 Å². The largest absolute Gasteiger partial charge is 0.390 e. The summed E-state index contributed by atoms with van der Waals surface area (Å²) in [5, 5.41) is 0.688. The van der Waals surface area contributed by atoms with Crippen molar-refractivity contribution in [3.8, 4) is 0 Å². The number of carbonyl (C=O) groups is 1. The van der Waals surface area contributed by atoms with Gasteiger partial charge in [0, 0.05) is 36.0 Å².